The van der Waals surface area contributed by atoms with Gasteiger partial charge < -0.3 is 4.57 Å². The van der Waals surface area contributed by atoms with Gasteiger partial charge in [0.15, 0.2) is 11.6 Å². The topological polar surface area (TPSA) is 35.6 Å². The summed E-state index contributed by atoms with van der Waals surface area (Å²) in [5.74, 6) is 1.66. The van der Waals surface area contributed by atoms with Gasteiger partial charge in [0, 0.05) is 27.6 Å². The Morgan fingerprint density at radius 2 is 1.05 bits per heavy atom. The summed E-state index contributed by atoms with van der Waals surface area (Å²) < 4.78 is 4.52. The maximum absolute atomic E-state index is 4.71. The van der Waals surface area contributed by atoms with E-state index in [-0.39, 0.29) is 0 Å². The molecule has 7 rings (SSSR count). The van der Waals surface area contributed by atoms with Gasteiger partial charge in [-0.15, -0.1) is 10.2 Å². The van der Waals surface area contributed by atoms with Crippen molar-refractivity contribution in [3.8, 4) is 34.2 Å². The number of hydrogen-bond donors (Lipinski definition) is 0. The van der Waals surface area contributed by atoms with E-state index in [1.54, 1.807) is 0 Å². The molecule has 4 nitrogen and oxygen atoms in total. The summed E-state index contributed by atoms with van der Waals surface area (Å²) in [6.07, 6.45) is 0. The number of aryl methyl sites for hydroxylation is 2. The molecule has 0 unspecified atom stereocenters. The largest absolute Gasteiger partial charge is 0.309 e. The van der Waals surface area contributed by atoms with Crippen LogP contribution >= 0.6 is 0 Å². The molecule has 2 heterocycles. The Balaban J connectivity index is 1.41. The van der Waals surface area contributed by atoms with Gasteiger partial charge in [0.25, 0.3) is 0 Å². The number of para-hydroxylation sites is 2. The van der Waals surface area contributed by atoms with Crippen LogP contribution in [0.4, 0.5) is 0 Å². The molecule has 0 spiro atoms. The van der Waals surface area contributed by atoms with E-state index in [0.29, 0.717) is 0 Å². The lowest BCUT2D eigenvalue weighted by Crippen LogP contribution is -2.03. The zero-order chi connectivity index (χ0) is 25.6. The van der Waals surface area contributed by atoms with E-state index in [0.717, 1.165) is 34.2 Å². The first kappa shape index (κ1) is 22.3. The number of hydrogen-bond acceptors (Lipinski definition) is 2. The molecule has 0 aliphatic rings. The van der Waals surface area contributed by atoms with Gasteiger partial charge in [0.1, 0.15) is 0 Å². The maximum atomic E-state index is 4.71. The fraction of sp³-hybridized carbons (Fsp3) is 0.0588. The lowest BCUT2D eigenvalue weighted by Gasteiger charge is -2.15. The van der Waals surface area contributed by atoms with E-state index < -0.39 is 0 Å². The summed E-state index contributed by atoms with van der Waals surface area (Å²) >= 11 is 0. The summed E-state index contributed by atoms with van der Waals surface area (Å²) in [4.78, 5) is 0. The highest BCUT2D eigenvalue weighted by atomic mass is 15.3. The van der Waals surface area contributed by atoms with Gasteiger partial charge >= 0.3 is 0 Å². The van der Waals surface area contributed by atoms with Crippen LogP contribution in [0.5, 0.6) is 0 Å². The molecule has 0 aliphatic heterocycles. The summed E-state index contributed by atoms with van der Waals surface area (Å²) in [5.41, 5.74) is 9.04. The molecule has 7 aromatic rings. The summed E-state index contributed by atoms with van der Waals surface area (Å²) in [7, 11) is 0. The van der Waals surface area contributed by atoms with Crippen LogP contribution in [0.3, 0.4) is 0 Å². The second-order valence-electron chi connectivity index (χ2n) is 9.76. The quantitative estimate of drug-likeness (QED) is 0.249. The molecular weight excluding hydrogens is 464 g/mol. The summed E-state index contributed by atoms with van der Waals surface area (Å²) in [5, 5.41) is 11.9. The highest BCUT2D eigenvalue weighted by Gasteiger charge is 2.19. The van der Waals surface area contributed by atoms with E-state index in [1.165, 1.54) is 32.9 Å². The Kier molecular flexibility index (Phi) is 5.19. The van der Waals surface area contributed by atoms with Gasteiger partial charge in [-0.3, -0.25) is 4.57 Å². The lowest BCUT2D eigenvalue weighted by atomic mass is 10.1. The zero-order valence-electron chi connectivity index (χ0n) is 21.3. The Hall–Kier alpha value is -4.96. The standard InChI is InChI=1S/C34H26N4/c1-23-16-17-24(2)32(22-23)38-33(25-10-4-3-5-11-25)35-36-34(38)26-18-20-27(21-19-26)37-30-14-8-6-12-28(30)29-13-7-9-15-31(29)37/h3-22H,1-2H3. The van der Waals surface area contributed by atoms with Gasteiger partial charge in [0.05, 0.1) is 16.7 Å². The molecule has 0 saturated heterocycles. The van der Waals surface area contributed by atoms with Crippen molar-refractivity contribution in [1.82, 2.24) is 19.3 Å². The average molecular weight is 491 g/mol. The summed E-state index contributed by atoms with van der Waals surface area (Å²) in [6, 6.07) is 42.6. The molecule has 38 heavy (non-hydrogen) atoms. The predicted molar refractivity (Wildman–Crippen MR) is 156 cm³/mol. The van der Waals surface area contributed by atoms with E-state index in [1.807, 2.05) is 18.2 Å². The number of fused-ring (bicyclic) bond motifs is 3. The van der Waals surface area contributed by atoms with E-state index >= 15 is 0 Å². The van der Waals surface area contributed by atoms with Crippen LogP contribution in [0.25, 0.3) is 56.0 Å². The first-order valence-electron chi connectivity index (χ1n) is 12.9. The number of nitrogens with zero attached hydrogens (tertiary/aromatic N) is 4. The molecule has 0 N–H and O–H groups in total. The minimum absolute atomic E-state index is 0.825. The molecule has 0 amide bonds. The van der Waals surface area contributed by atoms with Crippen molar-refractivity contribution in [2.24, 2.45) is 0 Å². The third kappa shape index (κ3) is 3.53. The van der Waals surface area contributed by atoms with Crippen molar-refractivity contribution in [2.75, 3.05) is 0 Å². The van der Waals surface area contributed by atoms with Crippen LogP contribution in [0.15, 0.2) is 121 Å². The van der Waals surface area contributed by atoms with Crippen molar-refractivity contribution in [1.29, 1.82) is 0 Å². The molecule has 5 aromatic carbocycles. The molecule has 182 valence electrons. The molecule has 4 heteroatoms. The van der Waals surface area contributed by atoms with Crippen LogP contribution in [-0.4, -0.2) is 19.3 Å². The minimum atomic E-state index is 0.825. The number of aromatic nitrogens is 4. The summed E-state index contributed by atoms with van der Waals surface area (Å²) in [6.45, 7) is 4.26. The Morgan fingerprint density at radius 1 is 0.500 bits per heavy atom. The first-order chi connectivity index (χ1) is 18.7. The van der Waals surface area contributed by atoms with Crippen LogP contribution in [0, 0.1) is 13.8 Å². The van der Waals surface area contributed by atoms with Gasteiger partial charge in [-0.1, -0.05) is 78.9 Å². The molecule has 0 radical (unpaired) electrons. The van der Waals surface area contributed by atoms with Crippen molar-refractivity contribution in [3.63, 3.8) is 0 Å². The lowest BCUT2D eigenvalue weighted by molar-refractivity contribution is 1.05. The Morgan fingerprint density at radius 3 is 1.68 bits per heavy atom. The molecule has 0 saturated carbocycles. The monoisotopic (exact) mass is 490 g/mol. The highest BCUT2D eigenvalue weighted by Crippen LogP contribution is 2.34. The molecule has 0 atom stereocenters. The highest BCUT2D eigenvalue weighted by molar-refractivity contribution is 6.09. The fourth-order valence-corrected chi connectivity index (χ4v) is 5.39. The van der Waals surface area contributed by atoms with Crippen LogP contribution < -0.4 is 0 Å². The van der Waals surface area contributed by atoms with Crippen molar-refractivity contribution in [3.05, 3.63) is 132 Å². The maximum Gasteiger partial charge on any atom is 0.168 e. The number of rotatable bonds is 4. The van der Waals surface area contributed by atoms with Crippen LogP contribution in [0.2, 0.25) is 0 Å². The third-order valence-corrected chi connectivity index (χ3v) is 7.26. The Bertz CT molecular complexity index is 1870. The van der Waals surface area contributed by atoms with Gasteiger partial charge in [0.2, 0.25) is 0 Å². The third-order valence-electron chi connectivity index (χ3n) is 7.26. The average Bonchev–Trinajstić information content (AvgIpc) is 3.55. The smallest absolute Gasteiger partial charge is 0.168 e. The predicted octanol–water partition coefficient (Wildman–Crippen LogP) is 8.32. The minimum Gasteiger partial charge on any atom is -0.309 e. The fourth-order valence-electron chi connectivity index (χ4n) is 5.39. The van der Waals surface area contributed by atoms with Gasteiger partial charge in [-0.2, -0.15) is 0 Å². The molecule has 0 fully saturated rings. The zero-order valence-corrected chi connectivity index (χ0v) is 21.3. The Labute approximate surface area is 221 Å². The molecule has 2 aromatic heterocycles. The molecule has 0 aliphatic carbocycles. The molecular formula is C34H26N4. The van der Waals surface area contributed by atoms with Crippen molar-refractivity contribution < 1.29 is 0 Å². The van der Waals surface area contributed by atoms with Crippen LogP contribution in [-0.2, 0) is 0 Å². The second-order valence-corrected chi connectivity index (χ2v) is 9.76. The second kappa shape index (κ2) is 8.86. The van der Waals surface area contributed by atoms with Crippen LogP contribution in [0.1, 0.15) is 11.1 Å². The van der Waals surface area contributed by atoms with Crippen molar-refractivity contribution >= 4 is 21.8 Å². The van der Waals surface area contributed by atoms with E-state index in [2.05, 4.69) is 131 Å². The van der Waals surface area contributed by atoms with Gasteiger partial charge in [-0.25, -0.2) is 0 Å². The van der Waals surface area contributed by atoms with Crippen molar-refractivity contribution in [2.45, 2.75) is 13.8 Å². The number of benzene rings is 5. The van der Waals surface area contributed by atoms with E-state index in [9.17, 15) is 0 Å². The molecule has 0 bridgehead atoms. The first-order valence-corrected chi connectivity index (χ1v) is 12.9. The SMILES string of the molecule is Cc1ccc(C)c(-n2c(-c3ccccc3)nnc2-c2ccc(-n3c4ccccc4c4ccccc43)cc2)c1. The normalized spacial score (nSPS) is 11.4. The van der Waals surface area contributed by atoms with Gasteiger partial charge in [-0.05, 0) is 67.4 Å². The van der Waals surface area contributed by atoms with E-state index in [4.69, 9.17) is 5.10 Å².